The number of carbonyl (C=O) groups is 1. The second-order valence-corrected chi connectivity index (χ2v) is 12.3. The van der Waals surface area contributed by atoms with Crippen LogP contribution in [0.15, 0.2) is 59.9 Å². The second kappa shape index (κ2) is 12.1. The van der Waals surface area contributed by atoms with Gasteiger partial charge in [-0.05, 0) is 67.5 Å². The van der Waals surface area contributed by atoms with Gasteiger partial charge in [-0.25, -0.2) is 23.1 Å². The second-order valence-electron chi connectivity index (χ2n) is 12.3. The Kier molecular flexibility index (Phi) is 8.16. The minimum atomic E-state index is -0.695. The number of hydrogen-bond donors (Lipinski definition) is 0. The van der Waals surface area contributed by atoms with Gasteiger partial charge in [0.25, 0.3) is 0 Å². The SMILES string of the molecule is C=CC(=O)N1CCN(c2nc(=O)n3c4nc(c(F)cc24)-c2c(F)cccc2CCCCN(C)c2cccc(C(C)C)c2-3)[C@@H](C)C1. The quantitative estimate of drug-likeness (QED) is 0.271. The normalized spacial score (nSPS) is 17.0. The predicted molar refractivity (Wildman–Crippen MR) is 174 cm³/mol. The van der Waals surface area contributed by atoms with Crippen LogP contribution in [0.25, 0.3) is 28.0 Å². The number of rotatable bonds is 3. The van der Waals surface area contributed by atoms with Crippen molar-refractivity contribution in [3.63, 3.8) is 0 Å². The number of amides is 1. The van der Waals surface area contributed by atoms with Gasteiger partial charge < -0.3 is 14.7 Å². The van der Waals surface area contributed by atoms with E-state index in [4.69, 9.17) is 4.98 Å². The molecule has 4 aromatic rings. The lowest BCUT2D eigenvalue weighted by atomic mass is 9.98. The van der Waals surface area contributed by atoms with E-state index in [9.17, 15) is 9.59 Å². The van der Waals surface area contributed by atoms with Crippen molar-refractivity contribution in [1.29, 1.82) is 0 Å². The number of nitrogens with zero attached hydrogens (tertiary/aromatic N) is 6. The molecule has 234 valence electrons. The van der Waals surface area contributed by atoms with Gasteiger partial charge in [0.05, 0.1) is 16.8 Å². The Hall–Kier alpha value is -4.60. The number of para-hydroxylation sites is 1. The summed E-state index contributed by atoms with van der Waals surface area (Å²) in [5.41, 5.74) is 2.67. The van der Waals surface area contributed by atoms with Gasteiger partial charge in [0, 0.05) is 44.8 Å². The Morgan fingerprint density at radius 2 is 1.82 bits per heavy atom. The maximum Gasteiger partial charge on any atom is 0.355 e. The molecule has 0 spiro atoms. The molecule has 2 aromatic carbocycles. The van der Waals surface area contributed by atoms with Crippen molar-refractivity contribution in [2.24, 2.45) is 0 Å². The average molecular weight is 613 g/mol. The average Bonchev–Trinajstić information content (AvgIpc) is 3.02. The predicted octanol–water partition coefficient (Wildman–Crippen LogP) is 5.84. The summed E-state index contributed by atoms with van der Waals surface area (Å²) in [6.07, 6.45) is 3.41. The van der Waals surface area contributed by atoms with Crippen molar-refractivity contribution in [2.45, 2.75) is 52.0 Å². The van der Waals surface area contributed by atoms with Gasteiger partial charge in [-0.15, -0.1) is 0 Å². The first kappa shape index (κ1) is 30.4. The fourth-order valence-electron chi connectivity index (χ4n) is 6.70. The Morgan fingerprint density at radius 1 is 1.04 bits per heavy atom. The largest absolute Gasteiger partial charge is 0.373 e. The number of halogens is 2. The lowest BCUT2D eigenvalue weighted by Crippen LogP contribution is -2.54. The van der Waals surface area contributed by atoms with Crippen LogP contribution in [0.3, 0.4) is 0 Å². The maximum absolute atomic E-state index is 16.3. The van der Waals surface area contributed by atoms with Crippen LogP contribution in [-0.2, 0) is 11.2 Å². The van der Waals surface area contributed by atoms with Crippen LogP contribution >= 0.6 is 0 Å². The van der Waals surface area contributed by atoms with Crippen molar-refractivity contribution in [1.82, 2.24) is 19.4 Å². The third-order valence-corrected chi connectivity index (χ3v) is 9.02. The highest BCUT2D eigenvalue weighted by Gasteiger charge is 2.31. The number of anilines is 2. The number of piperazine rings is 1. The molecule has 1 atom stereocenters. The number of hydrogen-bond acceptors (Lipinski definition) is 6. The van der Waals surface area contributed by atoms with E-state index >= 15 is 8.78 Å². The number of aryl methyl sites for hydroxylation is 1. The molecule has 0 radical (unpaired) electrons. The van der Waals surface area contributed by atoms with Gasteiger partial charge in [0.1, 0.15) is 23.1 Å². The van der Waals surface area contributed by atoms with Gasteiger partial charge in [-0.2, -0.15) is 4.98 Å². The van der Waals surface area contributed by atoms with E-state index in [0.29, 0.717) is 49.2 Å². The summed E-state index contributed by atoms with van der Waals surface area (Å²) in [6.45, 7) is 11.5. The van der Waals surface area contributed by atoms with E-state index in [1.807, 2.05) is 43.1 Å². The molecule has 10 heteroatoms. The van der Waals surface area contributed by atoms with Crippen LogP contribution in [0, 0.1) is 11.6 Å². The molecular weight excluding hydrogens is 574 g/mol. The zero-order valence-electron chi connectivity index (χ0n) is 26.2. The molecule has 1 saturated heterocycles. The summed E-state index contributed by atoms with van der Waals surface area (Å²) in [4.78, 5) is 41.8. The standard InChI is InChI=1S/C35H38F2N6O2/c1-6-29(44)41-17-18-42(22(4)20-41)33-25-19-27(37)31-30-23(12-9-14-26(30)36)11-7-8-16-40(5)28-15-10-13-24(21(2)3)32(28)43(34(25)38-31)35(45)39-33/h6,9-10,12-15,19,21-22H,1,7-8,11,16-18,20H2,2-5H3/t22-/m0/s1. The van der Waals surface area contributed by atoms with Gasteiger partial charge in [0.2, 0.25) is 5.91 Å². The molecule has 6 rings (SSSR count). The van der Waals surface area contributed by atoms with Gasteiger partial charge >= 0.3 is 5.69 Å². The molecule has 2 aliphatic heterocycles. The molecule has 45 heavy (non-hydrogen) atoms. The van der Waals surface area contributed by atoms with Crippen molar-refractivity contribution in [3.05, 3.63) is 88.4 Å². The first-order valence-electron chi connectivity index (χ1n) is 15.5. The van der Waals surface area contributed by atoms with Crippen molar-refractivity contribution in [2.75, 3.05) is 43.0 Å². The molecule has 0 saturated carbocycles. The zero-order valence-corrected chi connectivity index (χ0v) is 26.2. The van der Waals surface area contributed by atoms with E-state index in [2.05, 4.69) is 30.3 Å². The summed E-state index contributed by atoms with van der Waals surface area (Å²) in [7, 11) is 2.00. The number of aromatic nitrogens is 3. The minimum absolute atomic E-state index is 0.0410. The molecule has 0 N–H and O–H groups in total. The molecule has 1 amide bonds. The summed E-state index contributed by atoms with van der Waals surface area (Å²) < 4.78 is 33.4. The number of carbonyl (C=O) groups excluding carboxylic acids is 1. The molecule has 8 nitrogen and oxygen atoms in total. The van der Waals surface area contributed by atoms with Gasteiger partial charge in [-0.3, -0.25) is 4.79 Å². The third-order valence-electron chi connectivity index (χ3n) is 9.02. The molecule has 4 heterocycles. The lowest BCUT2D eigenvalue weighted by molar-refractivity contribution is -0.126. The number of fused-ring (bicyclic) bond motifs is 5. The van der Waals surface area contributed by atoms with Crippen molar-refractivity contribution in [3.8, 4) is 16.9 Å². The summed E-state index contributed by atoms with van der Waals surface area (Å²) in [5, 5.41) is 0.339. The molecule has 0 unspecified atom stereocenters. The molecule has 2 aromatic heterocycles. The van der Waals surface area contributed by atoms with Crippen LogP contribution in [0.5, 0.6) is 0 Å². The Balaban J connectivity index is 1.70. The van der Waals surface area contributed by atoms with Crippen molar-refractivity contribution < 1.29 is 13.6 Å². The minimum Gasteiger partial charge on any atom is -0.373 e. The van der Waals surface area contributed by atoms with Crippen molar-refractivity contribution >= 4 is 28.4 Å². The maximum atomic E-state index is 16.3. The topological polar surface area (TPSA) is 74.6 Å². The van der Waals surface area contributed by atoms with Crippen LogP contribution in [-0.4, -0.2) is 64.6 Å². The van der Waals surface area contributed by atoms with E-state index in [-0.39, 0.29) is 40.6 Å². The monoisotopic (exact) mass is 612 g/mol. The smallest absolute Gasteiger partial charge is 0.355 e. The molecule has 0 aliphatic carbocycles. The van der Waals surface area contributed by atoms with Crippen LogP contribution < -0.4 is 15.5 Å². The molecular formula is C35H38F2N6O2. The molecule has 1 fully saturated rings. The van der Waals surface area contributed by atoms with E-state index in [0.717, 1.165) is 24.1 Å². The summed E-state index contributed by atoms with van der Waals surface area (Å²) in [6, 6.07) is 11.8. The van der Waals surface area contributed by atoms with Crippen LogP contribution in [0.2, 0.25) is 0 Å². The van der Waals surface area contributed by atoms with E-state index in [1.165, 1.54) is 22.8 Å². The van der Waals surface area contributed by atoms with E-state index < -0.39 is 17.3 Å². The van der Waals surface area contributed by atoms with Crippen LogP contribution in [0.4, 0.5) is 20.3 Å². The zero-order chi connectivity index (χ0) is 32.0. The first-order chi connectivity index (χ1) is 21.6. The van der Waals surface area contributed by atoms with Crippen LogP contribution in [0.1, 0.15) is 50.7 Å². The molecule has 2 aliphatic rings. The van der Waals surface area contributed by atoms with Gasteiger partial charge in [0.15, 0.2) is 5.65 Å². The Labute approximate surface area is 261 Å². The summed E-state index contributed by atoms with van der Waals surface area (Å²) in [5.74, 6) is -1.10. The molecule has 2 bridgehead atoms. The highest BCUT2D eigenvalue weighted by molar-refractivity contribution is 5.92. The number of benzene rings is 2. The highest BCUT2D eigenvalue weighted by atomic mass is 19.1. The Bertz CT molecular complexity index is 1870. The third kappa shape index (κ3) is 5.36. The van der Waals surface area contributed by atoms with E-state index in [1.54, 1.807) is 11.0 Å². The number of pyridine rings is 1. The fourth-order valence-corrected chi connectivity index (χ4v) is 6.70. The first-order valence-corrected chi connectivity index (χ1v) is 15.5. The Morgan fingerprint density at radius 3 is 2.56 bits per heavy atom. The summed E-state index contributed by atoms with van der Waals surface area (Å²) >= 11 is 0. The van der Waals surface area contributed by atoms with Gasteiger partial charge in [-0.1, -0.05) is 44.7 Å². The highest BCUT2D eigenvalue weighted by Crippen LogP contribution is 2.38. The fraction of sp³-hybridized carbons (Fsp3) is 0.371. The lowest BCUT2D eigenvalue weighted by Gasteiger charge is -2.40.